The van der Waals surface area contributed by atoms with Crippen LogP contribution in [-0.2, 0) is 20.7 Å². The predicted octanol–water partition coefficient (Wildman–Crippen LogP) is 6.93. The van der Waals surface area contributed by atoms with Gasteiger partial charge in [0.05, 0.1) is 30.0 Å². The highest BCUT2D eigenvalue weighted by Crippen LogP contribution is 2.79. The molecule has 1 aliphatic heterocycles. The lowest BCUT2D eigenvalue weighted by atomic mass is 9.33. The topological polar surface area (TPSA) is 177 Å². The minimum atomic E-state index is -2.21. The molecule has 8 fully saturated rings. The largest absolute Gasteiger partial charge is 0.454 e. The molecule has 9 aliphatic carbocycles. The summed E-state index contributed by atoms with van der Waals surface area (Å²) in [7, 11) is 0. The summed E-state index contributed by atoms with van der Waals surface area (Å²) in [5.41, 5.74) is -6.45. The van der Waals surface area contributed by atoms with Crippen LogP contribution in [-0.4, -0.2) is 90.8 Å². The number of esters is 1. The van der Waals surface area contributed by atoms with Crippen molar-refractivity contribution >= 4 is 12.3 Å². The lowest BCUT2D eigenvalue weighted by Gasteiger charge is -2.74. The van der Waals surface area contributed by atoms with Gasteiger partial charge in [-0.3, -0.25) is 5.32 Å². The van der Waals surface area contributed by atoms with Gasteiger partial charge in [-0.1, -0.05) is 95.3 Å². The first-order valence-electron chi connectivity index (χ1n) is 27.1. The second kappa shape index (κ2) is 17.0. The molecule has 0 amide bonds. The van der Waals surface area contributed by atoms with Gasteiger partial charge >= 0.3 is 5.97 Å². The van der Waals surface area contributed by atoms with Crippen molar-refractivity contribution in [3.8, 4) is 11.8 Å². The molecule has 7 N–H and O–H groups in total. The van der Waals surface area contributed by atoms with Gasteiger partial charge in [-0.05, 0) is 142 Å². The summed E-state index contributed by atoms with van der Waals surface area (Å²) in [6, 6.07) is 7.74. The summed E-state index contributed by atoms with van der Waals surface area (Å²) in [4.78, 5) is 28.6. The van der Waals surface area contributed by atoms with E-state index in [1.165, 1.54) is 12.8 Å². The number of unbranched alkanes of at least 4 members (excludes halogenated alkanes) is 2. The summed E-state index contributed by atoms with van der Waals surface area (Å²) in [6.45, 7) is 4.27. The Morgan fingerprint density at radius 2 is 1.72 bits per heavy atom. The van der Waals surface area contributed by atoms with Crippen LogP contribution in [0.1, 0.15) is 160 Å². The van der Waals surface area contributed by atoms with E-state index in [2.05, 4.69) is 37.1 Å². The van der Waals surface area contributed by atoms with Gasteiger partial charge in [0.25, 0.3) is 0 Å². The first kappa shape index (κ1) is 46.7. The molecule has 1 aromatic carbocycles. The minimum absolute atomic E-state index is 0.0949. The number of carbonyl (C=O) groups is 2. The van der Waals surface area contributed by atoms with E-state index in [0.29, 0.717) is 62.7 Å². The molecule has 8 saturated carbocycles. The van der Waals surface area contributed by atoms with Gasteiger partial charge in [-0.15, -0.1) is 0 Å². The predicted molar refractivity (Wildman–Crippen MR) is 252 cm³/mol. The number of nitrogens with one attached hydrogen (secondary N) is 1. The highest BCUT2D eigenvalue weighted by molar-refractivity contribution is 5.86. The molecule has 10 aliphatic rings. The third kappa shape index (κ3) is 6.45. The maximum Gasteiger partial charge on any atom is 0.331 e. The van der Waals surface area contributed by atoms with Gasteiger partial charge in [0.15, 0.2) is 0 Å². The van der Waals surface area contributed by atoms with E-state index in [0.717, 1.165) is 87.2 Å². The standard InChI is InChI=1S/C57H79NO9/c1-3-4-5-12-35-20-23-52(29-35)31-54(32-59)46-21-24-53-22-11-10-16-37-15-8-9-17-39(37)27-45(58-33-60)41-25-40(48(53)42-28-47(61)67-49(41)42)30-55(53,64)57(46,66)51(63)44-26-38(34(2)36-13-6-7-14-36)18-19-43(50(52)62)56(44,54)65/h8-9,15,17,28,32,34-36,38,40-41,43-46,48-51,58,60,62-66H,3-7,11-14,18-27,29-31,33H2,1-2H3/t34-,35+,38+,40+,41+,43-,44-,45-,46+,48+,49+,50+,51+,52-,53+,54-,55+,56+,57+/m0/s1. The number of aliphatic hydroxyl groups excluding tert-OH is 3. The van der Waals surface area contributed by atoms with Crippen molar-refractivity contribution < 1.29 is 45.0 Å². The Bertz CT molecular complexity index is 2180. The van der Waals surface area contributed by atoms with E-state index < -0.39 is 75.1 Å². The molecule has 4 bridgehead atoms. The van der Waals surface area contributed by atoms with Crippen LogP contribution in [0.4, 0.5) is 0 Å². The van der Waals surface area contributed by atoms with Crippen LogP contribution in [0.2, 0.25) is 0 Å². The van der Waals surface area contributed by atoms with Gasteiger partial charge in [-0.2, -0.15) is 0 Å². The molecule has 11 rings (SSSR count). The molecule has 0 saturated heterocycles. The molecule has 67 heavy (non-hydrogen) atoms. The lowest BCUT2D eigenvalue weighted by Crippen LogP contribution is -2.86. The smallest absolute Gasteiger partial charge is 0.331 e. The van der Waals surface area contributed by atoms with Crippen LogP contribution in [0, 0.1) is 87.3 Å². The number of ether oxygens (including phenoxy) is 1. The highest BCUT2D eigenvalue weighted by atomic mass is 16.5. The van der Waals surface area contributed by atoms with Crippen LogP contribution in [0.5, 0.6) is 0 Å². The maximum atomic E-state index is 15.0. The van der Waals surface area contributed by atoms with Crippen molar-refractivity contribution in [1.82, 2.24) is 5.32 Å². The summed E-state index contributed by atoms with van der Waals surface area (Å²) in [5, 5.41) is 83.7. The van der Waals surface area contributed by atoms with Gasteiger partial charge < -0.3 is 40.2 Å². The molecule has 0 aromatic heterocycles. The highest BCUT2D eigenvalue weighted by Gasteiger charge is 2.86. The molecule has 0 unspecified atom stereocenters. The van der Waals surface area contributed by atoms with Crippen LogP contribution >= 0.6 is 0 Å². The van der Waals surface area contributed by atoms with E-state index in [1.807, 2.05) is 18.2 Å². The fourth-order valence-electron chi connectivity index (χ4n) is 19.7. The summed E-state index contributed by atoms with van der Waals surface area (Å²) in [6.07, 6.45) is 15.9. The number of hydrogen-bond donors (Lipinski definition) is 7. The normalized spacial score (nSPS) is 49.0. The number of fused-ring (bicyclic) bond motifs is 7. The van der Waals surface area contributed by atoms with Crippen LogP contribution < -0.4 is 5.32 Å². The average Bonchev–Trinajstić information content (AvgIpc) is 4.11. The Hall–Kier alpha value is -2.62. The zero-order valence-electron chi connectivity index (χ0n) is 40.2. The zero-order valence-corrected chi connectivity index (χ0v) is 40.2. The molecule has 10 nitrogen and oxygen atoms in total. The first-order valence-corrected chi connectivity index (χ1v) is 27.1. The average molecular weight is 922 g/mol. The molecule has 10 heteroatoms. The van der Waals surface area contributed by atoms with Crippen molar-refractivity contribution in [2.45, 2.75) is 196 Å². The van der Waals surface area contributed by atoms with E-state index >= 15 is 0 Å². The van der Waals surface area contributed by atoms with E-state index in [9.17, 15) is 40.2 Å². The monoisotopic (exact) mass is 922 g/mol. The van der Waals surface area contributed by atoms with E-state index in [-0.39, 0.29) is 55.7 Å². The second-order valence-corrected chi connectivity index (χ2v) is 24.6. The Kier molecular flexibility index (Phi) is 11.9. The van der Waals surface area contributed by atoms with Gasteiger partial charge in [0, 0.05) is 53.2 Å². The number of aldehydes is 1. The third-order valence-corrected chi connectivity index (χ3v) is 22.4. The minimum Gasteiger partial charge on any atom is -0.454 e. The number of aliphatic hydroxyl groups is 6. The first-order chi connectivity index (χ1) is 32.3. The molecule has 19 atom stereocenters. The van der Waals surface area contributed by atoms with Crippen LogP contribution in [0.3, 0.4) is 0 Å². The number of rotatable bonds is 9. The Balaban J connectivity index is 1.08. The van der Waals surface area contributed by atoms with Crippen molar-refractivity contribution in [3.05, 3.63) is 47.0 Å². The molecule has 0 radical (unpaired) electrons. The molecule has 2 spiro atoms. The quantitative estimate of drug-likeness (QED) is 0.0452. The third-order valence-electron chi connectivity index (χ3n) is 22.4. The van der Waals surface area contributed by atoms with Crippen molar-refractivity contribution in [1.29, 1.82) is 0 Å². The molecule has 366 valence electrons. The SMILES string of the molecule is CCCCC[C@@H]1CC[C@]2(C1)C[C@]1(C=O)[C@H]3CC[C@@]45CCC#Cc6ccccc6C[C@H](NCO)[C@H]6C[C@H](C[C@]4(O)[C@]3(O)[C@H](O)[C@@H]3C[C@H]([C@@H](C)C4CCCC4)CC[C@@H]([C@H]2O)[C@@]31O)[C@@H]5C1=CC(=O)O[C@@H]16. The van der Waals surface area contributed by atoms with Crippen LogP contribution in [0.25, 0.3) is 0 Å². The van der Waals surface area contributed by atoms with Gasteiger partial charge in [-0.25, -0.2) is 4.79 Å². The molecule has 1 heterocycles. The fraction of sp³-hybridized carbons (Fsp3) is 0.789. The Labute approximate surface area is 398 Å². The molecular weight excluding hydrogens is 843 g/mol. The van der Waals surface area contributed by atoms with Crippen molar-refractivity contribution in [2.75, 3.05) is 6.73 Å². The Morgan fingerprint density at radius 1 is 0.910 bits per heavy atom. The van der Waals surface area contributed by atoms with Gasteiger partial charge in [0.2, 0.25) is 0 Å². The zero-order chi connectivity index (χ0) is 46.7. The van der Waals surface area contributed by atoms with Crippen molar-refractivity contribution in [2.24, 2.45) is 75.4 Å². The summed E-state index contributed by atoms with van der Waals surface area (Å²) < 4.78 is 6.27. The lowest BCUT2D eigenvalue weighted by molar-refractivity contribution is -0.383. The van der Waals surface area contributed by atoms with E-state index in [4.69, 9.17) is 4.74 Å². The van der Waals surface area contributed by atoms with Crippen LogP contribution in [0.15, 0.2) is 35.9 Å². The van der Waals surface area contributed by atoms with E-state index in [1.54, 1.807) is 6.08 Å². The summed E-state index contributed by atoms with van der Waals surface area (Å²) >= 11 is 0. The molecular formula is C57H79NO9. The fourth-order valence-corrected chi connectivity index (χ4v) is 19.7. The Morgan fingerprint density at radius 3 is 2.49 bits per heavy atom. The second-order valence-electron chi connectivity index (χ2n) is 24.6. The van der Waals surface area contributed by atoms with Crippen molar-refractivity contribution in [3.63, 3.8) is 0 Å². The van der Waals surface area contributed by atoms with Gasteiger partial charge in [0.1, 0.15) is 23.6 Å². The number of hydrogen-bond acceptors (Lipinski definition) is 10. The number of carbonyl (C=O) groups excluding carboxylic acids is 2. The molecule has 1 aromatic rings. The number of benzene rings is 1. The maximum absolute atomic E-state index is 15.0. The summed E-state index contributed by atoms with van der Waals surface area (Å²) in [5.74, 6) is 4.34.